The molecule has 1 atom stereocenters. The number of carbonyl (C=O) groups excluding carboxylic acids is 1. The Labute approximate surface area is 130 Å². The summed E-state index contributed by atoms with van der Waals surface area (Å²) in [4.78, 5) is 15.4. The maximum absolute atomic E-state index is 11.0. The van der Waals surface area contributed by atoms with Crippen LogP contribution < -0.4 is 5.48 Å². The normalized spacial score (nSPS) is 12.6. The summed E-state index contributed by atoms with van der Waals surface area (Å²) in [6.45, 7) is 3.78. The number of allylic oxidation sites excluding steroid dienone is 1. The van der Waals surface area contributed by atoms with Gasteiger partial charge in [-0.2, -0.15) is 0 Å². The summed E-state index contributed by atoms with van der Waals surface area (Å²) in [6.07, 6.45) is 5.80. The van der Waals surface area contributed by atoms with Gasteiger partial charge in [0.05, 0.1) is 6.20 Å². The van der Waals surface area contributed by atoms with Crippen LogP contribution in [-0.2, 0) is 4.79 Å². The molecule has 0 aliphatic heterocycles. The number of aromatic nitrogens is 4. The van der Waals surface area contributed by atoms with Crippen LogP contribution in [0.15, 0.2) is 53.6 Å². The Morgan fingerprint density at radius 3 is 3.00 bits per heavy atom. The number of benzene rings is 1. The van der Waals surface area contributed by atoms with Crippen LogP contribution in [0.3, 0.4) is 0 Å². The van der Waals surface area contributed by atoms with Gasteiger partial charge in [-0.25, -0.2) is 15.1 Å². The van der Waals surface area contributed by atoms with Gasteiger partial charge in [0.25, 0.3) is 5.91 Å². The smallest absolute Gasteiger partial charge is 0.267 e. The van der Waals surface area contributed by atoms with Crippen molar-refractivity contribution >= 4 is 23.1 Å². The first-order chi connectivity index (χ1) is 11.2. The molecule has 0 aliphatic rings. The largest absolute Gasteiger partial charge is 0.438 e. The third-order valence-electron chi connectivity index (χ3n) is 3.12. The lowest BCUT2D eigenvalue weighted by Gasteiger charge is -2.06. The van der Waals surface area contributed by atoms with Gasteiger partial charge in [0.2, 0.25) is 5.89 Å². The van der Waals surface area contributed by atoms with E-state index in [0.29, 0.717) is 17.2 Å². The summed E-state index contributed by atoms with van der Waals surface area (Å²) >= 11 is 0. The Bertz CT molecular complexity index is 847. The summed E-state index contributed by atoms with van der Waals surface area (Å²) in [5.74, 6) is -0.214. The predicted molar refractivity (Wildman–Crippen MR) is 81.3 cm³/mol. The Morgan fingerprint density at radius 2 is 2.26 bits per heavy atom. The first kappa shape index (κ1) is 14.7. The molecule has 0 saturated heterocycles. The molecule has 2 N–H and O–H groups in total. The van der Waals surface area contributed by atoms with Gasteiger partial charge >= 0.3 is 0 Å². The lowest BCUT2D eigenvalue weighted by molar-refractivity contribution is -0.124. The number of fused-ring (bicyclic) bond motifs is 1. The van der Waals surface area contributed by atoms with Crippen LogP contribution in [0.5, 0.6) is 0 Å². The van der Waals surface area contributed by atoms with Crippen molar-refractivity contribution in [2.75, 3.05) is 0 Å². The van der Waals surface area contributed by atoms with Gasteiger partial charge in [-0.15, -0.1) is 11.7 Å². The summed E-state index contributed by atoms with van der Waals surface area (Å²) in [5, 5.41) is 16.3. The summed E-state index contributed by atoms with van der Waals surface area (Å²) in [7, 11) is 0. The first-order valence-corrected chi connectivity index (χ1v) is 6.73. The SMILES string of the molecule is C=CC(c1nc2ccccc2o1)n1cc(C=CC(=O)NO)nn1. The topological polar surface area (TPSA) is 106 Å². The van der Waals surface area contributed by atoms with E-state index in [-0.39, 0.29) is 0 Å². The van der Waals surface area contributed by atoms with E-state index in [2.05, 4.69) is 21.9 Å². The van der Waals surface area contributed by atoms with Crippen LogP contribution in [0.1, 0.15) is 17.6 Å². The Balaban J connectivity index is 1.89. The van der Waals surface area contributed by atoms with Crippen molar-refractivity contribution < 1.29 is 14.4 Å². The van der Waals surface area contributed by atoms with Crippen molar-refractivity contribution in [2.45, 2.75) is 6.04 Å². The Morgan fingerprint density at radius 1 is 1.43 bits per heavy atom. The highest BCUT2D eigenvalue weighted by Gasteiger charge is 2.18. The van der Waals surface area contributed by atoms with Gasteiger partial charge in [-0.1, -0.05) is 23.4 Å². The van der Waals surface area contributed by atoms with Crippen LogP contribution >= 0.6 is 0 Å². The third-order valence-corrected chi connectivity index (χ3v) is 3.12. The summed E-state index contributed by atoms with van der Waals surface area (Å²) in [5.41, 5.74) is 3.36. The number of carbonyl (C=O) groups is 1. The van der Waals surface area contributed by atoms with Gasteiger partial charge in [-0.05, 0) is 18.2 Å². The van der Waals surface area contributed by atoms with E-state index >= 15 is 0 Å². The van der Waals surface area contributed by atoms with E-state index in [1.165, 1.54) is 16.2 Å². The minimum Gasteiger partial charge on any atom is -0.438 e. The maximum Gasteiger partial charge on any atom is 0.267 e. The zero-order valence-corrected chi connectivity index (χ0v) is 12.0. The number of rotatable bonds is 5. The number of oxazole rings is 1. The molecule has 3 rings (SSSR count). The van der Waals surface area contributed by atoms with E-state index in [4.69, 9.17) is 9.62 Å². The molecule has 1 aromatic carbocycles. The van der Waals surface area contributed by atoms with Crippen LogP contribution in [0.25, 0.3) is 17.2 Å². The highest BCUT2D eigenvalue weighted by molar-refractivity contribution is 5.90. The molecule has 8 nitrogen and oxygen atoms in total. The minimum absolute atomic E-state index is 0.427. The second-order valence-corrected chi connectivity index (χ2v) is 4.63. The molecule has 0 saturated carbocycles. The van der Waals surface area contributed by atoms with Crippen molar-refractivity contribution in [3.8, 4) is 0 Å². The molecule has 3 aromatic rings. The highest BCUT2D eigenvalue weighted by Crippen LogP contribution is 2.23. The molecule has 1 amide bonds. The molecule has 1 unspecified atom stereocenters. The second-order valence-electron chi connectivity index (χ2n) is 4.63. The van der Waals surface area contributed by atoms with Crippen molar-refractivity contribution in [3.05, 3.63) is 60.8 Å². The van der Waals surface area contributed by atoms with E-state index < -0.39 is 11.9 Å². The molecule has 23 heavy (non-hydrogen) atoms. The van der Waals surface area contributed by atoms with Gasteiger partial charge in [-0.3, -0.25) is 10.0 Å². The molecule has 0 aliphatic carbocycles. The second kappa shape index (κ2) is 6.24. The zero-order chi connectivity index (χ0) is 16.2. The number of nitrogens with one attached hydrogen (secondary N) is 1. The molecule has 0 radical (unpaired) electrons. The van der Waals surface area contributed by atoms with Gasteiger partial charge in [0.15, 0.2) is 5.58 Å². The van der Waals surface area contributed by atoms with E-state index in [1.807, 2.05) is 24.3 Å². The van der Waals surface area contributed by atoms with Crippen molar-refractivity contribution in [1.82, 2.24) is 25.5 Å². The van der Waals surface area contributed by atoms with Crippen LogP contribution in [0.4, 0.5) is 0 Å². The zero-order valence-electron chi connectivity index (χ0n) is 12.0. The highest BCUT2D eigenvalue weighted by atomic mass is 16.5. The number of hydrogen-bond donors (Lipinski definition) is 2. The third kappa shape index (κ3) is 3.01. The monoisotopic (exact) mass is 311 g/mol. The van der Waals surface area contributed by atoms with Crippen LogP contribution in [-0.4, -0.2) is 31.1 Å². The molecule has 2 heterocycles. The van der Waals surface area contributed by atoms with Crippen molar-refractivity contribution in [1.29, 1.82) is 0 Å². The lowest BCUT2D eigenvalue weighted by Crippen LogP contribution is -2.14. The Hall–Kier alpha value is -3.26. The predicted octanol–water partition coefficient (Wildman–Crippen LogP) is 1.71. The average molecular weight is 311 g/mol. The number of amides is 1. The number of para-hydroxylation sites is 2. The quantitative estimate of drug-likeness (QED) is 0.321. The van der Waals surface area contributed by atoms with E-state index in [9.17, 15) is 4.79 Å². The van der Waals surface area contributed by atoms with Crippen LogP contribution in [0.2, 0.25) is 0 Å². The van der Waals surface area contributed by atoms with Gasteiger partial charge < -0.3 is 4.42 Å². The van der Waals surface area contributed by atoms with E-state index in [1.54, 1.807) is 12.3 Å². The molecule has 116 valence electrons. The fourth-order valence-corrected chi connectivity index (χ4v) is 2.04. The van der Waals surface area contributed by atoms with Gasteiger partial charge in [0.1, 0.15) is 17.3 Å². The maximum atomic E-state index is 11.0. The number of hydrogen-bond acceptors (Lipinski definition) is 6. The van der Waals surface area contributed by atoms with Crippen molar-refractivity contribution in [3.63, 3.8) is 0 Å². The molecule has 0 fully saturated rings. The fourth-order valence-electron chi connectivity index (χ4n) is 2.04. The lowest BCUT2D eigenvalue weighted by atomic mass is 10.3. The standard InChI is InChI=1S/C15H13N5O3/c1-2-12(15-16-11-5-3-4-6-13(11)23-15)20-9-10(17-19-20)7-8-14(21)18-22/h2-9,12,22H,1H2,(H,18,21). The number of hydroxylamine groups is 1. The minimum atomic E-state index is -0.654. The fraction of sp³-hybridized carbons (Fsp3) is 0.0667. The number of nitrogens with zero attached hydrogens (tertiary/aromatic N) is 4. The molecular weight excluding hydrogens is 298 g/mol. The van der Waals surface area contributed by atoms with Crippen molar-refractivity contribution in [2.24, 2.45) is 0 Å². The molecule has 2 aromatic heterocycles. The van der Waals surface area contributed by atoms with E-state index in [0.717, 1.165) is 11.6 Å². The Kier molecular flexibility index (Phi) is 3.98. The molecule has 0 bridgehead atoms. The molecule has 8 heteroatoms. The first-order valence-electron chi connectivity index (χ1n) is 6.73. The van der Waals surface area contributed by atoms with Crippen LogP contribution in [0, 0.1) is 0 Å². The molecule has 0 spiro atoms. The summed E-state index contributed by atoms with van der Waals surface area (Å²) in [6, 6.07) is 7.00. The van der Waals surface area contributed by atoms with Gasteiger partial charge in [0, 0.05) is 6.08 Å². The molecular formula is C15H13N5O3. The average Bonchev–Trinajstić information content (AvgIpc) is 3.20. The summed E-state index contributed by atoms with van der Waals surface area (Å²) < 4.78 is 7.24.